The van der Waals surface area contributed by atoms with Gasteiger partial charge in [0.05, 0.1) is 13.7 Å². The van der Waals surface area contributed by atoms with Gasteiger partial charge < -0.3 is 19.8 Å². The molecule has 1 unspecified atom stereocenters. The van der Waals surface area contributed by atoms with Gasteiger partial charge in [0.1, 0.15) is 0 Å². The van der Waals surface area contributed by atoms with E-state index in [1.165, 1.54) is 0 Å². The van der Waals surface area contributed by atoms with Gasteiger partial charge >= 0.3 is 0 Å². The Morgan fingerprint density at radius 2 is 1.84 bits per heavy atom. The van der Waals surface area contributed by atoms with Crippen molar-refractivity contribution in [3.05, 3.63) is 94.1 Å². The van der Waals surface area contributed by atoms with Crippen LogP contribution in [0.2, 0.25) is 0 Å². The molecule has 3 aromatic carbocycles. The molecule has 32 heavy (non-hydrogen) atoms. The highest BCUT2D eigenvalue weighted by molar-refractivity contribution is 9.10. The van der Waals surface area contributed by atoms with Crippen LogP contribution in [0.3, 0.4) is 0 Å². The van der Waals surface area contributed by atoms with E-state index in [1.54, 1.807) is 19.2 Å². The van der Waals surface area contributed by atoms with E-state index in [9.17, 15) is 4.79 Å². The Hall–Kier alpha value is -3.25. The molecule has 6 heteroatoms. The van der Waals surface area contributed by atoms with Gasteiger partial charge in [-0.2, -0.15) is 0 Å². The van der Waals surface area contributed by atoms with Gasteiger partial charge in [-0.25, -0.2) is 0 Å². The molecule has 0 saturated heterocycles. The van der Waals surface area contributed by atoms with Crippen molar-refractivity contribution in [2.45, 2.75) is 12.8 Å². The van der Waals surface area contributed by atoms with Gasteiger partial charge in [0.15, 0.2) is 11.5 Å². The summed E-state index contributed by atoms with van der Waals surface area (Å²) in [5, 5.41) is 4.24. The van der Waals surface area contributed by atoms with Crippen LogP contribution in [0, 0.1) is 0 Å². The third-order valence-corrected chi connectivity index (χ3v) is 5.99. The van der Waals surface area contributed by atoms with Gasteiger partial charge in [0, 0.05) is 39.6 Å². The van der Waals surface area contributed by atoms with E-state index in [4.69, 9.17) is 9.47 Å². The number of ether oxygens (including phenoxy) is 2. The highest BCUT2D eigenvalue weighted by Crippen LogP contribution is 2.36. The highest BCUT2D eigenvalue weighted by atomic mass is 79.9. The van der Waals surface area contributed by atoms with Crippen LogP contribution in [0.4, 0.5) is 0 Å². The fraction of sp³-hybridized carbons (Fsp3) is 0.192. The zero-order valence-electron chi connectivity index (χ0n) is 18.0. The summed E-state index contributed by atoms with van der Waals surface area (Å²) in [7, 11) is 1.64. The Labute approximate surface area is 195 Å². The largest absolute Gasteiger partial charge is 0.493 e. The Morgan fingerprint density at radius 3 is 2.59 bits per heavy atom. The van der Waals surface area contributed by atoms with Crippen molar-refractivity contribution in [1.29, 1.82) is 0 Å². The van der Waals surface area contributed by atoms with E-state index in [2.05, 4.69) is 38.4 Å². The second-order valence-corrected chi connectivity index (χ2v) is 8.32. The number of rotatable bonds is 8. The lowest BCUT2D eigenvalue weighted by atomic mass is 9.90. The van der Waals surface area contributed by atoms with Crippen molar-refractivity contribution in [3.63, 3.8) is 0 Å². The summed E-state index contributed by atoms with van der Waals surface area (Å²) in [5.74, 6) is 1.19. The summed E-state index contributed by atoms with van der Waals surface area (Å²) in [5.41, 5.74) is 3.83. The third-order valence-electron chi connectivity index (χ3n) is 5.46. The molecule has 0 aliphatic heterocycles. The molecule has 0 saturated carbocycles. The zero-order valence-corrected chi connectivity index (χ0v) is 19.6. The van der Waals surface area contributed by atoms with Crippen molar-refractivity contribution in [2.24, 2.45) is 0 Å². The van der Waals surface area contributed by atoms with Crippen LogP contribution in [0.25, 0.3) is 10.9 Å². The molecule has 0 fully saturated rings. The lowest BCUT2D eigenvalue weighted by molar-refractivity contribution is 0.0952. The number of hydrogen-bond donors (Lipinski definition) is 2. The number of benzene rings is 3. The number of aromatic amines is 1. The number of para-hydroxylation sites is 1. The minimum Gasteiger partial charge on any atom is -0.493 e. The monoisotopic (exact) mass is 492 g/mol. The smallest absolute Gasteiger partial charge is 0.251 e. The Balaban J connectivity index is 1.69. The first kappa shape index (κ1) is 22.0. The molecular weight excluding hydrogens is 468 g/mol. The molecule has 1 aromatic heterocycles. The first-order valence-electron chi connectivity index (χ1n) is 10.5. The summed E-state index contributed by atoms with van der Waals surface area (Å²) in [6, 6.07) is 21.5. The van der Waals surface area contributed by atoms with Crippen LogP contribution in [0.1, 0.15) is 34.3 Å². The molecule has 4 aromatic rings. The molecule has 0 spiro atoms. The molecule has 2 N–H and O–H groups in total. The summed E-state index contributed by atoms with van der Waals surface area (Å²) < 4.78 is 12.2. The van der Waals surface area contributed by atoms with Crippen molar-refractivity contribution >= 4 is 32.7 Å². The van der Waals surface area contributed by atoms with Gasteiger partial charge in [0.25, 0.3) is 5.91 Å². The van der Waals surface area contributed by atoms with E-state index in [0.717, 1.165) is 26.5 Å². The molecule has 1 atom stereocenters. The molecular formula is C26H25BrN2O3. The summed E-state index contributed by atoms with van der Waals surface area (Å²) in [6.07, 6.45) is 2.02. The molecule has 164 valence electrons. The summed E-state index contributed by atoms with van der Waals surface area (Å²) >= 11 is 3.41. The fourth-order valence-corrected chi connectivity index (χ4v) is 4.13. The van der Waals surface area contributed by atoms with Crippen LogP contribution < -0.4 is 14.8 Å². The van der Waals surface area contributed by atoms with Crippen LogP contribution >= 0.6 is 15.9 Å². The number of carbonyl (C=O) groups is 1. The van der Waals surface area contributed by atoms with E-state index < -0.39 is 0 Å². The van der Waals surface area contributed by atoms with Gasteiger partial charge in [-0.1, -0.05) is 40.2 Å². The lowest BCUT2D eigenvalue weighted by Gasteiger charge is -2.20. The molecule has 0 radical (unpaired) electrons. The SMILES string of the molecule is CCOc1ccc(C(CNC(=O)c2ccc(Br)cc2)c2c[nH]c3ccccc23)cc1OC. The molecule has 0 aliphatic carbocycles. The second-order valence-electron chi connectivity index (χ2n) is 7.40. The van der Waals surface area contributed by atoms with Crippen LogP contribution in [0.5, 0.6) is 11.5 Å². The summed E-state index contributed by atoms with van der Waals surface area (Å²) in [6.45, 7) is 2.94. The molecule has 4 rings (SSSR count). The number of aromatic nitrogens is 1. The van der Waals surface area contributed by atoms with Gasteiger partial charge in [-0.3, -0.25) is 4.79 Å². The topological polar surface area (TPSA) is 63.3 Å². The number of H-pyrrole nitrogens is 1. The minimum atomic E-state index is -0.111. The maximum Gasteiger partial charge on any atom is 0.251 e. The predicted molar refractivity (Wildman–Crippen MR) is 131 cm³/mol. The normalized spacial score (nSPS) is 11.8. The van der Waals surface area contributed by atoms with E-state index in [1.807, 2.05) is 55.6 Å². The van der Waals surface area contributed by atoms with Crippen LogP contribution in [-0.4, -0.2) is 31.2 Å². The van der Waals surface area contributed by atoms with Crippen molar-refractivity contribution < 1.29 is 14.3 Å². The quantitative estimate of drug-likeness (QED) is 0.321. The van der Waals surface area contributed by atoms with Gasteiger partial charge in [0.2, 0.25) is 0 Å². The number of hydrogen-bond acceptors (Lipinski definition) is 3. The fourth-order valence-electron chi connectivity index (χ4n) is 3.86. The molecule has 0 bridgehead atoms. The van der Waals surface area contributed by atoms with Gasteiger partial charge in [-0.05, 0) is 60.5 Å². The standard InChI is InChI=1S/C26H25BrN2O3/c1-3-32-24-13-10-18(14-25(24)31-2)21(22-16-28-23-7-5-4-6-20(22)23)15-29-26(30)17-8-11-19(27)12-9-17/h4-14,16,21,28H,3,15H2,1-2H3,(H,29,30). The average Bonchev–Trinajstić information content (AvgIpc) is 3.24. The van der Waals surface area contributed by atoms with Crippen LogP contribution in [0.15, 0.2) is 77.4 Å². The predicted octanol–water partition coefficient (Wildman–Crippen LogP) is 5.90. The number of nitrogens with one attached hydrogen (secondary N) is 2. The maximum atomic E-state index is 12.8. The second kappa shape index (κ2) is 9.92. The summed E-state index contributed by atoms with van der Waals surface area (Å²) in [4.78, 5) is 16.2. The third kappa shape index (κ3) is 4.65. The molecule has 5 nitrogen and oxygen atoms in total. The lowest BCUT2D eigenvalue weighted by Crippen LogP contribution is -2.28. The Morgan fingerprint density at radius 1 is 1.06 bits per heavy atom. The number of fused-ring (bicyclic) bond motifs is 1. The minimum absolute atomic E-state index is 0.0740. The average molecular weight is 493 g/mol. The molecule has 1 heterocycles. The number of halogens is 1. The first-order valence-corrected chi connectivity index (χ1v) is 11.3. The number of carbonyl (C=O) groups excluding carboxylic acids is 1. The van der Waals surface area contributed by atoms with Crippen molar-refractivity contribution in [1.82, 2.24) is 10.3 Å². The molecule has 1 amide bonds. The first-order chi connectivity index (χ1) is 15.6. The van der Waals surface area contributed by atoms with E-state index >= 15 is 0 Å². The number of amides is 1. The maximum absolute atomic E-state index is 12.8. The Bertz CT molecular complexity index is 1220. The van der Waals surface area contributed by atoms with Crippen molar-refractivity contribution in [2.75, 3.05) is 20.3 Å². The van der Waals surface area contributed by atoms with Gasteiger partial charge in [-0.15, -0.1) is 0 Å². The van der Waals surface area contributed by atoms with Crippen molar-refractivity contribution in [3.8, 4) is 11.5 Å². The van der Waals surface area contributed by atoms with Crippen LogP contribution in [-0.2, 0) is 0 Å². The number of methoxy groups -OCH3 is 1. The Kier molecular flexibility index (Phi) is 6.81. The highest BCUT2D eigenvalue weighted by Gasteiger charge is 2.21. The molecule has 0 aliphatic rings. The van der Waals surface area contributed by atoms with E-state index in [-0.39, 0.29) is 11.8 Å². The zero-order chi connectivity index (χ0) is 22.5. The van der Waals surface area contributed by atoms with E-state index in [0.29, 0.717) is 30.2 Å².